The van der Waals surface area contributed by atoms with Gasteiger partial charge < -0.3 is 10.1 Å². The lowest BCUT2D eigenvalue weighted by Gasteiger charge is -2.34. The molecule has 8 heteroatoms. The average Bonchev–Trinajstić information content (AvgIpc) is 3.31. The number of halogens is 1. The average molecular weight is 448 g/mol. The fourth-order valence-electron chi connectivity index (χ4n) is 4.13. The normalized spacial score (nSPS) is 17.0. The van der Waals surface area contributed by atoms with Gasteiger partial charge in [-0.05, 0) is 42.5 Å². The summed E-state index contributed by atoms with van der Waals surface area (Å²) in [6.07, 6.45) is 2.90. The number of thiophene rings is 1. The van der Waals surface area contributed by atoms with E-state index in [0.717, 1.165) is 62.6 Å². The minimum Gasteiger partial charge on any atom is -0.465 e. The van der Waals surface area contributed by atoms with E-state index in [1.807, 2.05) is 12.1 Å². The Morgan fingerprint density at radius 2 is 1.80 bits per heavy atom. The van der Waals surface area contributed by atoms with Crippen molar-refractivity contribution in [3.05, 3.63) is 50.9 Å². The second-order valence-electron chi connectivity index (χ2n) is 7.78. The smallest absolute Gasteiger partial charge is 0.341 e. The highest BCUT2D eigenvalue weighted by Crippen LogP contribution is 2.39. The van der Waals surface area contributed by atoms with Crippen molar-refractivity contribution in [2.45, 2.75) is 25.8 Å². The number of hydrogen-bond acceptors (Lipinski definition) is 6. The molecule has 0 saturated carbocycles. The molecule has 1 aromatic heterocycles. The molecule has 2 aromatic rings. The van der Waals surface area contributed by atoms with Crippen LogP contribution in [0.5, 0.6) is 0 Å². The summed E-state index contributed by atoms with van der Waals surface area (Å²) in [4.78, 5) is 30.6. The van der Waals surface area contributed by atoms with Gasteiger partial charge in [0.2, 0.25) is 5.91 Å². The van der Waals surface area contributed by atoms with Crippen LogP contribution in [0.4, 0.5) is 5.00 Å². The van der Waals surface area contributed by atoms with E-state index in [1.54, 1.807) is 0 Å². The molecular formula is C22H26ClN3O3S. The highest BCUT2D eigenvalue weighted by molar-refractivity contribution is 7.17. The number of piperazine rings is 1. The summed E-state index contributed by atoms with van der Waals surface area (Å²) >= 11 is 7.47. The van der Waals surface area contributed by atoms with Gasteiger partial charge >= 0.3 is 5.97 Å². The topological polar surface area (TPSA) is 61.9 Å². The van der Waals surface area contributed by atoms with E-state index in [-0.39, 0.29) is 11.9 Å². The molecule has 1 N–H and O–H groups in total. The van der Waals surface area contributed by atoms with Crippen LogP contribution >= 0.6 is 22.9 Å². The van der Waals surface area contributed by atoms with Crippen LogP contribution in [0, 0.1) is 0 Å². The largest absolute Gasteiger partial charge is 0.465 e. The van der Waals surface area contributed by atoms with Gasteiger partial charge in [-0.15, -0.1) is 11.3 Å². The zero-order valence-electron chi connectivity index (χ0n) is 17.1. The molecule has 0 radical (unpaired) electrons. The lowest BCUT2D eigenvalue weighted by atomic mass is 10.1. The van der Waals surface area contributed by atoms with Crippen LogP contribution in [0.3, 0.4) is 0 Å². The maximum absolute atomic E-state index is 12.7. The van der Waals surface area contributed by atoms with Crippen molar-refractivity contribution < 1.29 is 14.3 Å². The van der Waals surface area contributed by atoms with E-state index in [1.165, 1.54) is 28.9 Å². The number of hydrogen-bond donors (Lipinski definition) is 1. The Labute approximate surface area is 185 Å². The third kappa shape index (κ3) is 4.86. The Balaban J connectivity index is 1.29. The van der Waals surface area contributed by atoms with Gasteiger partial charge in [0.25, 0.3) is 0 Å². The van der Waals surface area contributed by atoms with E-state index in [2.05, 4.69) is 27.2 Å². The van der Waals surface area contributed by atoms with Crippen molar-refractivity contribution in [2.24, 2.45) is 0 Å². The first kappa shape index (κ1) is 21.3. The van der Waals surface area contributed by atoms with E-state index in [9.17, 15) is 9.59 Å². The van der Waals surface area contributed by atoms with Crippen LogP contribution in [0.2, 0.25) is 5.02 Å². The predicted molar refractivity (Wildman–Crippen MR) is 119 cm³/mol. The Kier molecular flexibility index (Phi) is 6.73. The van der Waals surface area contributed by atoms with Gasteiger partial charge in [-0.1, -0.05) is 23.7 Å². The number of carbonyl (C=O) groups excluding carboxylic acids is 2. The lowest BCUT2D eigenvalue weighted by Crippen LogP contribution is -2.48. The summed E-state index contributed by atoms with van der Waals surface area (Å²) in [5, 5.41) is 4.36. The molecule has 4 rings (SSSR count). The summed E-state index contributed by atoms with van der Waals surface area (Å²) in [5.41, 5.74) is 2.85. The molecule has 160 valence electrons. The molecule has 2 aliphatic rings. The first-order chi connectivity index (χ1) is 14.5. The van der Waals surface area contributed by atoms with Crippen LogP contribution in [-0.4, -0.2) is 61.5 Å². The van der Waals surface area contributed by atoms with E-state index < -0.39 is 0 Å². The maximum atomic E-state index is 12.7. The minimum absolute atomic E-state index is 0.0776. The Hall–Kier alpha value is -1.93. The second kappa shape index (κ2) is 9.47. The van der Waals surface area contributed by atoms with E-state index in [4.69, 9.17) is 16.3 Å². The molecule has 0 unspecified atom stereocenters. The molecule has 6 nitrogen and oxygen atoms in total. The first-order valence-electron chi connectivity index (χ1n) is 10.3. The van der Waals surface area contributed by atoms with Crippen molar-refractivity contribution >= 4 is 39.8 Å². The molecule has 1 aliphatic carbocycles. The first-order valence-corrected chi connectivity index (χ1v) is 11.4. The number of aryl methyl sites for hydroxylation is 1. The SMILES string of the molecule is COC(=O)c1c(NC(=O)CN2CCN(Cc3ccc(Cl)cc3)CC2)sc2c1CCC2. The van der Waals surface area contributed by atoms with Crippen molar-refractivity contribution in [3.8, 4) is 0 Å². The number of amides is 1. The van der Waals surface area contributed by atoms with Gasteiger partial charge in [-0.25, -0.2) is 4.79 Å². The molecule has 2 heterocycles. The standard InChI is InChI=1S/C22H26ClN3O3S/c1-29-22(28)20-17-3-2-4-18(17)30-21(20)24-19(27)14-26-11-9-25(10-12-26)13-15-5-7-16(23)8-6-15/h5-8H,2-4,9-14H2,1H3,(H,24,27). The van der Waals surface area contributed by atoms with Crippen LogP contribution in [0.1, 0.15) is 32.8 Å². The van der Waals surface area contributed by atoms with Gasteiger partial charge in [0.1, 0.15) is 5.00 Å². The Morgan fingerprint density at radius 1 is 1.10 bits per heavy atom. The zero-order valence-corrected chi connectivity index (χ0v) is 18.7. The highest BCUT2D eigenvalue weighted by Gasteiger charge is 2.28. The number of nitrogens with zero attached hydrogens (tertiary/aromatic N) is 2. The molecule has 30 heavy (non-hydrogen) atoms. The van der Waals surface area contributed by atoms with Crippen LogP contribution in [0.25, 0.3) is 0 Å². The molecule has 1 aromatic carbocycles. The predicted octanol–water partition coefficient (Wildman–Crippen LogP) is 3.43. The molecular weight excluding hydrogens is 422 g/mol. The van der Waals surface area contributed by atoms with Gasteiger partial charge in [0.05, 0.1) is 19.2 Å². The molecule has 0 atom stereocenters. The maximum Gasteiger partial charge on any atom is 0.341 e. The van der Waals surface area contributed by atoms with Crippen molar-refractivity contribution in [2.75, 3.05) is 45.2 Å². The number of esters is 1. The number of carbonyl (C=O) groups is 2. The van der Waals surface area contributed by atoms with Crippen molar-refractivity contribution in [3.63, 3.8) is 0 Å². The zero-order chi connectivity index (χ0) is 21.1. The summed E-state index contributed by atoms with van der Waals surface area (Å²) < 4.78 is 4.95. The summed E-state index contributed by atoms with van der Waals surface area (Å²) in [6, 6.07) is 7.94. The van der Waals surface area contributed by atoms with Crippen LogP contribution in [0.15, 0.2) is 24.3 Å². The van der Waals surface area contributed by atoms with Crippen molar-refractivity contribution in [1.82, 2.24) is 9.80 Å². The number of rotatable bonds is 6. The van der Waals surface area contributed by atoms with Gasteiger partial charge in [-0.3, -0.25) is 14.6 Å². The fourth-order valence-corrected chi connectivity index (χ4v) is 5.55. The third-order valence-electron chi connectivity index (χ3n) is 5.72. The van der Waals surface area contributed by atoms with Crippen molar-refractivity contribution in [1.29, 1.82) is 0 Å². The molecule has 0 spiro atoms. The molecule has 1 aliphatic heterocycles. The molecule has 1 fully saturated rings. The summed E-state index contributed by atoms with van der Waals surface area (Å²) in [7, 11) is 1.39. The van der Waals surface area contributed by atoms with Crippen LogP contribution < -0.4 is 5.32 Å². The number of fused-ring (bicyclic) bond motifs is 1. The number of nitrogens with one attached hydrogen (secondary N) is 1. The molecule has 1 amide bonds. The van der Waals surface area contributed by atoms with E-state index in [0.29, 0.717) is 17.1 Å². The minimum atomic E-state index is -0.361. The number of ether oxygens (including phenoxy) is 1. The third-order valence-corrected chi connectivity index (χ3v) is 7.17. The van der Waals surface area contributed by atoms with E-state index >= 15 is 0 Å². The number of methoxy groups -OCH3 is 1. The van der Waals surface area contributed by atoms with Gasteiger partial charge in [0.15, 0.2) is 0 Å². The second-order valence-corrected chi connectivity index (χ2v) is 9.32. The monoisotopic (exact) mass is 447 g/mol. The Morgan fingerprint density at radius 3 is 2.50 bits per heavy atom. The fraction of sp³-hybridized carbons (Fsp3) is 0.455. The van der Waals surface area contributed by atoms with Gasteiger partial charge in [0, 0.05) is 42.6 Å². The number of benzene rings is 1. The van der Waals surface area contributed by atoms with Gasteiger partial charge in [-0.2, -0.15) is 0 Å². The summed E-state index contributed by atoms with van der Waals surface area (Å²) in [5.74, 6) is -0.438. The lowest BCUT2D eigenvalue weighted by molar-refractivity contribution is -0.117. The highest BCUT2D eigenvalue weighted by atomic mass is 35.5. The Bertz CT molecular complexity index is 920. The molecule has 1 saturated heterocycles. The quantitative estimate of drug-likeness (QED) is 0.687. The van der Waals surface area contributed by atoms with Crippen LogP contribution in [-0.2, 0) is 28.9 Å². The number of anilines is 1. The summed E-state index contributed by atoms with van der Waals surface area (Å²) in [6.45, 7) is 4.73. The molecule has 0 bridgehead atoms.